The van der Waals surface area contributed by atoms with E-state index in [1.54, 1.807) is 17.1 Å². The Balaban J connectivity index is 1.67. The van der Waals surface area contributed by atoms with Crippen molar-refractivity contribution >= 4 is 16.8 Å². The van der Waals surface area contributed by atoms with Gasteiger partial charge < -0.3 is 9.88 Å². The molecule has 1 saturated heterocycles. The van der Waals surface area contributed by atoms with E-state index in [0.717, 1.165) is 23.0 Å². The number of nitrogens with zero attached hydrogens (tertiary/aromatic N) is 4. The number of fused-ring (bicyclic) bond motifs is 1. The lowest BCUT2D eigenvalue weighted by atomic mass is 9.72. The molecule has 4 rings (SSSR count). The summed E-state index contributed by atoms with van der Waals surface area (Å²) in [7, 11) is 1.89. The predicted octanol–water partition coefficient (Wildman–Crippen LogP) is 2.52. The third kappa shape index (κ3) is 2.13. The van der Waals surface area contributed by atoms with Gasteiger partial charge in [-0.1, -0.05) is 13.8 Å². The SMILES string of the molecule is Cn1cc([C@H]2N(C(=O)c3cc4cnccc4[nH]3)CC2(C)C)cn1. The van der Waals surface area contributed by atoms with Gasteiger partial charge in [0.25, 0.3) is 5.91 Å². The number of likely N-dealkylation sites (tertiary alicyclic amines) is 1. The molecule has 0 aliphatic carbocycles. The molecule has 1 N–H and O–H groups in total. The fourth-order valence-electron chi connectivity index (χ4n) is 3.57. The average Bonchev–Trinajstić information content (AvgIpc) is 3.10. The van der Waals surface area contributed by atoms with Crippen LogP contribution in [-0.2, 0) is 7.05 Å². The van der Waals surface area contributed by atoms with Crippen molar-refractivity contribution in [3.05, 3.63) is 48.2 Å². The Morgan fingerprint density at radius 2 is 2.22 bits per heavy atom. The van der Waals surface area contributed by atoms with E-state index in [1.165, 1.54) is 0 Å². The lowest BCUT2D eigenvalue weighted by molar-refractivity contribution is -0.0326. The van der Waals surface area contributed by atoms with E-state index in [4.69, 9.17) is 0 Å². The molecule has 0 spiro atoms. The van der Waals surface area contributed by atoms with E-state index >= 15 is 0 Å². The molecule has 4 heterocycles. The number of hydrogen-bond donors (Lipinski definition) is 1. The molecule has 1 aliphatic rings. The Bertz CT molecular complexity index is 858. The highest BCUT2D eigenvalue weighted by Crippen LogP contribution is 2.48. The summed E-state index contributed by atoms with van der Waals surface area (Å²) in [6.45, 7) is 5.10. The van der Waals surface area contributed by atoms with E-state index in [0.29, 0.717) is 5.69 Å². The molecular weight excluding hydrogens is 290 g/mol. The third-order valence-corrected chi connectivity index (χ3v) is 4.58. The van der Waals surface area contributed by atoms with Gasteiger partial charge in [-0.2, -0.15) is 5.10 Å². The minimum absolute atomic E-state index is 0.0226. The average molecular weight is 309 g/mol. The van der Waals surface area contributed by atoms with Gasteiger partial charge in [0.15, 0.2) is 0 Å². The molecule has 0 unspecified atom stereocenters. The summed E-state index contributed by atoms with van der Waals surface area (Å²) in [6.07, 6.45) is 7.32. The van der Waals surface area contributed by atoms with Crippen LogP contribution < -0.4 is 0 Å². The molecule has 23 heavy (non-hydrogen) atoms. The second kappa shape index (κ2) is 4.68. The van der Waals surface area contributed by atoms with Gasteiger partial charge in [0.05, 0.1) is 12.2 Å². The molecule has 3 aromatic heterocycles. The highest BCUT2D eigenvalue weighted by Gasteiger charge is 2.49. The van der Waals surface area contributed by atoms with E-state index in [9.17, 15) is 4.79 Å². The van der Waals surface area contributed by atoms with Gasteiger partial charge in [-0.25, -0.2) is 0 Å². The number of H-pyrrole nitrogens is 1. The van der Waals surface area contributed by atoms with E-state index in [1.807, 2.05) is 36.5 Å². The molecule has 1 atom stereocenters. The van der Waals surface area contributed by atoms with Crippen molar-refractivity contribution in [3.63, 3.8) is 0 Å². The molecule has 1 aliphatic heterocycles. The molecule has 1 amide bonds. The summed E-state index contributed by atoms with van der Waals surface area (Å²) in [6, 6.07) is 3.80. The Labute approximate surface area is 134 Å². The third-order valence-electron chi connectivity index (χ3n) is 4.58. The zero-order chi connectivity index (χ0) is 16.2. The van der Waals surface area contributed by atoms with Gasteiger partial charge in [-0.05, 0) is 12.1 Å². The van der Waals surface area contributed by atoms with Crippen LogP contribution in [0, 0.1) is 5.41 Å². The summed E-state index contributed by atoms with van der Waals surface area (Å²) in [5.74, 6) is 0.0226. The molecule has 6 heteroatoms. The van der Waals surface area contributed by atoms with Crippen LogP contribution in [0.1, 0.15) is 35.9 Å². The second-order valence-corrected chi connectivity index (χ2v) is 6.92. The fraction of sp³-hybridized carbons (Fsp3) is 0.353. The van der Waals surface area contributed by atoms with Crippen molar-refractivity contribution in [2.75, 3.05) is 6.54 Å². The van der Waals surface area contributed by atoms with Gasteiger partial charge in [-0.15, -0.1) is 0 Å². The standard InChI is InChI=1S/C17H19N5O/c1-17(2)10-22(15(17)12-8-19-21(3)9-12)16(23)14-6-11-7-18-5-4-13(11)20-14/h4-9,15,20H,10H2,1-3H3/t15-/m1/s1. The zero-order valence-electron chi connectivity index (χ0n) is 13.4. The monoisotopic (exact) mass is 309 g/mol. The summed E-state index contributed by atoms with van der Waals surface area (Å²) < 4.78 is 1.78. The van der Waals surface area contributed by atoms with Gasteiger partial charge in [0.1, 0.15) is 5.69 Å². The molecule has 0 aromatic carbocycles. The maximum absolute atomic E-state index is 12.9. The number of aryl methyl sites for hydroxylation is 1. The first kappa shape index (κ1) is 14.0. The van der Waals surface area contributed by atoms with Gasteiger partial charge in [-0.3, -0.25) is 14.5 Å². The Morgan fingerprint density at radius 3 is 2.87 bits per heavy atom. The maximum atomic E-state index is 12.9. The number of carbonyl (C=O) groups excluding carboxylic acids is 1. The van der Waals surface area contributed by atoms with Gasteiger partial charge in [0, 0.05) is 54.1 Å². The smallest absolute Gasteiger partial charge is 0.270 e. The first-order valence-electron chi connectivity index (χ1n) is 7.68. The number of amides is 1. The summed E-state index contributed by atoms with van der Waals surface area (Å²) >= 11 is 0. The number of nitrogens with one attached hydrogen (secondary N) is 1. The minimum Gasteiger partial charge on any atom is -0.350 e. The zero-order valence-corrected chi connectivity index (χ0v) is 13.4. The molecule has 0 radical (unpaired) electrons. The van der Waals surface area contributed by atoms with Crippen LogP contribution >= 0.6 is 0 Å². The molecule has 3 aromatic rings. The number of rotatable bonds is 2. The minimum atomic E-state index is 0.0226. The Kier molecular flexibility index (Phi) is 2.85. The predicted molar refractivity (Wildman–Crippen MR) is 86.9 cm³/mol. The number of hydrogen-bond acceptors (Lipinski definition) is 3. The van der Waals surface area contributed by atoms with Crippen molar-refractivity contribution < 1.29 is 4.79 Å². The molecular formula is C17H19N5O. The lowest BCUT2D eigenvalue weighted by Crippen LogP contribution is -2.57. The number of pyridine rings is 1. The van der Waals surface area contributed by atoms with Crippen LogP contribution in [-0.4, -0.2) is 37.1 Å². The summed E-state index contributed by atoms with van der Waals surface area (Å²) in [5, 5.41) is 5.20. The normalized spacial score (nSPS) is 19.8. The lowest BCUT2D eigenvalue weighted by Gasteiger charge is -2.53. The summed E-state index contributed by atoms with van der Waals surface area (Å²) in [4.78, 5) is 22.1. The Hall–Kier alpha value is -2.63. The highest BCUT2D eigenvalue weighted by atomic mass is 16.2. The van der Waals surface area contributed by atoms with Crippen LogP contribution in [0.25, 0.3) is 10.9 Å². The van der Waals surface area contributed by atoms with Crippen LogP contribution in [0.15, 0.2) is 36.9 Å². The number of aromatic nitrogens is 4. The van der Waals surface area contributed by atoms with Crippen LogP contribution in [0.5, 0.6) is 0 Å². The van der Waals surface area contributed by atoms with Gasteiger partial charge >= 0.3 is 0 Å². The first-order chi connectivity index (χ1) is 11.0. The van der Waals surface area contributed by atoms with Crippen molar-refractivity contribution in [3.8, 4) is 0 Å². The van der Waals surface area contributed by atoms with Crippen LogP contribution in [0.2, 0.25) is 0 Å². The second-order valence-electron chi connectivity index (χ2n) is 6.92. The topological polar surface area (TPSA) is 66.8 Å². The summed E-state index contributed by atoms with van der Waals surface area (Å²) in [5.41, 5.74) is 2.67. The van der Waals surface area contributed by atoms with Crippen molar-refractivity contribution in [1.29, 1.82) is 0 Å². The number of aromatic amines is 1. The quantitative estimate of drug-likeness (QED) is 0.791. The number of carbonyl (C=O) groups is 1. The van der Waals surface area contributed by atoms with Crippen LogP contribution in [0.3, 0.4) is 0 Å². The van der Waals surface area contributed by atoms with Gasteiger partial charge in [0.2, 0.25) is 0 Å². The maximum Gasteiger partial charge on any atom is 0.270 e. The van der Waals surface area contributed by atoms with Crippen molar-refractivity contribution in [2.24, 2.45) is 12.5 Å². The molecule has 118 valence electrons. The molecule has 0 saturated carbocycles. The largest absolute Gasteiger partial charge is 0.350 e. The van der Waals surface area contributed by atoms with Crippen LogP contribution in [0.4, 0.5) is 0 Å². The fourth-order valence-corrected chi connectivity index (χ4v) is 3.57. The Morgan fingerprint density at radius 1 is 1.39 bits per heavy atom. The molecule has 1 fully saturated rings. The molecule has 6 nitrogen and oxygen atoms in total. The van der Waals surface area contributed by atoms with Crippen molar-refractivity contribution in [1.82, 2.24) is 24.6 Å². The first-order valence-corrected chi connectivity index (χ1v) is 7.68. The molecule has 0 bridgehead atoms. The highest BCUT2D eigenvalue weighted by molar-refractivity contribution is 5.98. The van der Waals surface area contributed by atoms with E-state index in [-0.39, 0.29) is 17.4 Å². The van der Waals surface area contributed by atoms with E-state index in [2.05, 4.69) is 28.9 Å². The van der Waals surface area contributed by atoms with Crippen molar-refractivity contribution in [2.45, 2.75) is 19.9 Å². The van der Waals surface area contributed by atoms with E-state index < -0.39 is 0 Å².